The first kappa shape index (κ1) is 9.27. The van der Waals surface area contributed by atoms with Crippen molar-refractivity contribution < 1.29 is 9.46 Å². The number of thiophene rings is 1. The van der Waals surface area contributed by atoms with Crippen molar-refractivity contribution in [2.75, 3.05) is 6.16 Å². The van der Waals surface area contributed by atoms with Crippen LogP contribution >= 0.6 is 30.3 Å². The fraction of sp³-hybridized carbons (Fsp3) is 0.333. The summed E-state index contributed by atoms with van der Waals surface area (Å²) in [5.41, 5.74) is 0. The normalized spacial score (nSPS) is 16.3. The van der Waals surface area contributed by atoms with Crippen LogP contribution in [0.1, 0.15) is 6.92 Å². The number of hydrogen-bond donors (Lipinski definition) is 1. The van der Waals surface area contributed by atoms with Crippen molar-refractivity contribution in [3.8, 4) is 0 Å². The van der Waals surface area contributed by atoms with Crippen molar-refractivity contribution in [1.82, 2.24) is 0 Å². The van der Waals surface area contributed by atoms with Crippen LogP contribution in [0.5, 0.6) is 0 Å². The average molecular weight is 211 g/mol. The van der Waals surface area contributed by atoms with Crippen molar-refractivity contribution in [3.63, 3.8) is 0 Å². The molecule has 0 saturated carbocycles. The summed E-state index contributed by atoms with van der Waals surface area (Å²) in [6.07, 6.45) is 0.243. The molecule has 0 radical (unpaired) electrons. The first-order valence-electron chi connectivity index (χ1n) is 3.13. The molecule has 0 amide bonds. The van der Waals surface area contributed by atoms with Crippen LogP contribution in [0.2, 0.25) is 5.02 Å². The summed E-state index contributed by atoms with van der Waals surface area (Å²) >= 11 is 6.92. The predicted octanol–water partition coefficient (Wildman–Crippen LogP) is 2.32. The molecule has 0 aliphatic rings. The molecule has 1 atom stereocenters. The molecular formula is C6H8ClO2PS. The lowest BCUT2D eigenvalue weighted by Crippen LogP contribution is -2.01. The van der Waals surface area contributed by atoms with E-state index < -0.39 is 7.37 Å². The molecule has 1 aromatic rings. The molecule has 11 heavy (non-hydrogen) atoms. The van der Waals surface area contributed by atoms with Gasteiger partial charge in [-0.1, -0.05) is 18.5 Å². The standard InChI is InChI=1S/C6H8ClO2PS/c1-2-10(8,9)6-5(7)3-4-11-6/h3-4H,2H2,1H3,(H,8,9). The minimum atomic E-state index is -3.13. The molecule has 1 aromatic heterocycles. The van der Waals surface area contributed by atoms with Gasteiger partial charge in [-0.05, 0) is 11.4 Å². The highest BCUT2D eigenvalue weighted by atomic mass is 35.5. The van der Waals surface area contributed by atoms with E-state index >= 15 is 0 Å². The van der Waals surface area contributed by atoms with Gasteiger partial charge in [-0.3, -0.25) is 4.57 Å². The Kier molecular flexibility index (Phi) is 2.76. The topological polar surface area (TPSA) is 37.3 Å². The minimum Gasteiger partial charge on any atom is -0.341 e. The summed E-state index contributed by atoms with van der Waals surface area (Å²) in [6.45, 7) is 1.68. The summed E-state index contributed by atoms with van der Waals surface area (Å²) in [5.74, 6) is 0. The van der Waals surface area contributed by atoms with Crippen molar-refractivity contribution >= 4 is 34.9 Å². The summed E-state index contributed by atoms with van der Waals surface area (Å²) in [7, 11) is -3.13. The molecule has 1 heterocycles. The highest BCUT2D eigenvalue weighted by molar-refractivity contribution is 7.72. The highest BCUT2D eigenvalue weighted by Gasteiger charge is 2.22. The molecule has 0 fully saturated rings. The molecule has 62 valence electrons. The van der Waals surface area contributed by atoms with Gasteiger partial charge in [-0.15, -0.1) is 11.3 Å². The zero-order valence-electron chi connectivity index (χ0n) is 5.95. The van der Waals surface area contributed by atoms with Crippen molar-refractivity contribution in [2.24, 2.45) is 0 Å². The zero-order chi connectivity index (χ0) is 8.48. The van der Waals surface area contributed by atoms with E-state index in [2.05, 4.69) is 0 Å². The fourth-order valence-corrected chi connectivity index (χ4v) is 3.78. The third-order valence-electron chi connectivity index (χ3n) is 1.34. The lowest BCUT2D eigenvalue weighted by atomic mass is 10.7. The van der Waals surface area contributed by atoms with E-state index in [1.807, 2.05) is 0 Å². The second kappa shape index (κ2) is 3.28. The monoisotopic (exact) mass is 210 g/mol. The first-order valence-corrected chi connectivity index (χ1v) is 6.23. The molecule has 5 heteroatoms. The number of hydrogen-bond acceptors (Lipinski definition) is 2. The van der Waals surface area contributed by atoms with E-state index in [0.717, 1.165) is 0 Å². The molecular weight excluding hydrogens is 203 g/mol. The average Bonchev–Trinajstić information content (AvgIpc) is 2.36. The molecule has 2 nitrogen and oxygen atoms in total. The largest absolute Gasteiger partial charge is 0.341 e. The Morgan fingerprint density at radius 1 is 1.82 bits per heavy atom. The minimum absolute atomic E-state index is 0.243. The maximum absolute atomic E-state index is 11.3. The van der Waals surface area contributed by atoms with Crippen LogP contribution in [0.25, 0.3) is 0 Å². The summed E-state index contributed by atoms with van der Waals surface area (Å²) < 4.78 is 11.8. The molecule has 0 bridgehead atoms. The predicted molar refractivity (Wildman–Crippen MR) is 49.3 cm³/mol. The van der Waals surface area contributed by atoms with Crippen molar-refractivity contribution in [3.05, 3.63) is 16.5 Å². The van der Waals surface area contributed by atoms with Gasteiger partial charge in [-0.2, -0.15) is 0 Å². The molecule has 0 aliphatic carbocycles. The van der Waals surface area contributed by atoms with Crippen LogP contribution in [0.15, 0.2) is 11.4 Å². The summed E-state index contributed by atoms with van der Waals surface area (Å²) in [6, 6.07) is 1.64. The quantitative estimate of drug-likeness (QED) is 0.761. The third kappa shape index (κ3) is 1.85. The highest BCUT2D eigenvalue weighted by Crippen LogP contribution is 2.42. The second-order valence-corrected chi connectivity index (χ2v) is 6.20. The van der Waals surface area contributed by atoms with E-state index in [9.17, 15) is 9.46 Å². The van der Waals surface area contributed by atoms with E-state index in [1.54, 1.807) is 18.4 Å². The van der Waals surface area contributed by atoms with Gasteiger partial charge in [0.15, 0.2) is 0 Å². The Morgan fingerprint density at radius 3 is 2.82 bits per heavy atom. The van der Waals surface area contributed by atoms with Crippen LogP contribution in [-0.4, -0.2) is 11.1 Å². The molecule has 0 saturated heterocycles. The molecule has 1 N–H and O–H groups in total. The van der Waals surface area contributed by atoms with Crippen LogP contribution in [0.4, 0.5) is 0 Å². The molecule has 0 spiro atoms. The lowest BCUT2D eigenvalue weighted by molar-refractivity contribution is 0.492. The zero-order valence-corrected chi connectivity index (χ0v) is 8.42. The maximum Gasteiger partial charge on any atom is 0.240 e. The van der Waals surface area contributed by atoms with Gasteiger partial charge in [0.25, 0.3) is 0 Å². The first-order chi connectivity index (χ1) is 5.08. The Hall–Kier alpha value is 0.180. The maximum atomic E-state index is 11.3. The Morgan fingerprint density at radius 2 is 2.45 bits per heavy atom. The fourth-order valence-electron chi connectivity index (χ4n) is 0.679. The van der Waals surface area contributed by atoms with Gasteiger partial charge < -0.3 is 4.89 Å². The van der Waals surface area contributed by atoms with Gasteiger partial charge in [0.05, 0.1) is 5.02 Å². The summed E-state index contributed by atoms with van der Waals surface area (Å²) in [5, 5.41) is 2.12. The van der Waals surface area contributed by atoms with Gasteiger partial charge in [0, 0.05) is 6.16 Å². The number of rotatable bonds is 2. The van der Waals surface area contributed by atoms with Crippen LogP contribution < -0.4 is 4.62 Å². The third-order valence-corrected chi connectivity index (χ3v) is 5.52. The summed E-state index contributed by atoms with van der Waals surface area (Å²) in [4.78, 5) is 9.35. The smallest absolute Gasteiger partial charge is 0.240 e. The van der Waals surface area contributed by atoms with Crippen LogP contribution in [0, 0.1) is 0 Å². The Bertz CT molecular complexity index is 297. The van der Waals surface area contributed by atoms with Gasteiger partial charge in [0.2, 0.25) is 7.37 Å². The van der Waals surface area contributed by atoms with E-state index in [0.29, 0.717) is 9.64 Å². The van der Waals surface area contributed by atoms with E-state index in [-0.39, 0.29) is 6.16 Å². The SMILES string of the molecule is CCP(=O)(O)c1sccc1Cl. The van der Waals surface area contributed by atoms with Crippen molar-refractivity contribution in [2.45, 2.75) is 6.92 Å². The molecule has 1 unspecified atom stereocenters. The lowest BCUT2D eigenvalue weighted by Gasteiger charge is -2.05. The number of halogens is 1. The van der Waals surface area contributed by atoms with Gasteiger partial charge >= 0.3 is 0 Å². The van der Waals surface area contributed by atoms with Crippen LogP contribution in [0.3, 0.4) is 0 Å². The molecule has 0 aromatic carbocycles. The van der Waals surface area contributed by atoms with Crippen LogP contribution in [-0.2, 0) is 4.57 Å². The van der Waals surface area contributed by atoms with Gasteiger partial charge in [-0.25, -0.2) is 0 Å². The Labute approximate surface area is 74.3 Å². The van der Waals surface area contributed by atoms with Gasteiger partial charge in [0.1, 0.15) is 4.62 Å². The van der Waals surface area contributed by atoms with Crippen molar-refractivity contribution in [1.29, 1.82) is 0 Å². The van der Waals surface area contributed by atoms with E-state index in [1.165, 1.54) is 11.3 Å². The van der Waals surface area contributed by atoms with E-state index in [4.69, 9.17) is 11.6 Å². The second-order valence-electron chi connectivity index (χ2n) is 2.09. The Balaban J connectivity index is 3.11. The molecule has 1 rings (SSSR count). The molecule has 0 aliphatic heterocycles.